The molecule has 2 aliphatic rings. The molecular formula is C21H23N5O8S2. The van der Waals surface area contributed by atoms with Crippen molar-refractivity contribution in [2.45, 2.75) is 45.4 Å². The zero-order chi connectivity index (χ0) is 26.6. The van der Waals surface area contributed by atoms with E-state index in [9.17, 15) is 24.0 Å². The number of nitrogen functional groups attached to an aromatic ring is 1. The first-order chi connectivity index (χ1) is 17.0. The predicted octanol–water partition coefficient (Wildman–Crippen LogP) is 0.675. The summed E-state index contributed by atoms with van der Waals surface area (Å²) < 4.78 is 10.0. The Morgan fingerprint density at radius 1 is 1.28 bits per heavy atom. The number of rotatable bonds is 8. The summed E-state index contributed by atoms with van der Waals surface area (Å²) in [5.41, 5.74) is 5.88. The van der Waals surface area contributed by atoms with Crippen LogP contribution in [0.1, 0.15) is 33.4 Å². The number of hydrogen-bond donors (Lipinski definition) is 2. The molecule has 36 heavy (non-hydrogen) atoms. The van der Waals surface area contributed by atoms with Crippen molar-refractivity contribution >= 4 is 63.7 Å². The molecule has 1 fully saturated rings. The Morgan fingerprint density at radius 2 is 2.00 bits per heavy atom. The van der Waals surface area contributed by atoms with Crippen molar-refractivity contribution in [2.24, 2.45) is 5.16 Å². The summed E-state index contributed by atoms with van der Waals surface area (Å²) in [6.45, 7) is 5.41. The van der Waals surface area contributed by atoms with E-state index in [0.717, 1.165) is 18.3 Å². The standard InChI is InChI=1S/C21H23N5O8S2/c1-5-6-12-7-35-19-15(18(30)26(19)16(12)20(31)33-11(4)32-9(2)27)24-17(29)14(25-34-10(3)28)13-8-36-21(22)23-13/h5-6,8,11,15,19H,7H2,1-4H3,(H2,22,23)(H,24,29)/b6-5-,25-14-/t11?,15-,19+/m1/s1. The van der Waals surface area contributed by atoms with Crippen LogP contribution in [0.4, 0.5) is 5.13 Å². The number of amides is 2. The Bertz CT molecular complexity index is 1190. The minimum atomic E-state index is -1.17. The third-order valence-electron chi connectivity index (χ3n) is 4.70. The van der Waals surface area contributed by atoms with Crippen molar-refractivity contribution < 1.29 is 38.3 Å². The van der Waals surface area contributed by atoms with Gasteiger partial charge in [-0.15, -0.1) is 23.1 Å². The van der Waals surface area contributed by atoms with Crippen molar-refractivity contribution in [3.05, 3.63) is 34.5 Å². The number of fused-ring (bicyclic) bond motifs is 1. The number of ether oxygens (including phenoxy) is 2. The number of nitrogens with one attached hydrogen (secondary N) is 1. The number of nitrogens with zero attached hydrogens (tertiary/aromatic N) is 3. The fourth-order valence-corrected chi connectivity index (χ4v) is 5.21. The maximum absolute atomic E-state index is 13.1. The first-order valence-electron chi connectivity index (χ1n) is 10.5. The van der Waals surface area contributed by atoms with Gasteiger partial charge in [-0.1, -0.05) is 17.3 Å². The molecule has 1 unspecified atom stereocenters. The van der Waals surface area contributed by atoms with Crippen LogP contribution in [-0.2, 0) is 38.3 Å². The van der Waals surface area contributed by atoms with Gasteiger partial charge >= 0.3 is 17.9 Å². The molecule has 2 aliphatic heterocycles. The molecule has 192 valence electrons. The fourth-order valence-electron chi connectivity index (χ4n) is 3.35. The molecule has 3 atom stereocenters. The summed E-state index contributed by atoms with van der Waals surface area (Å²) in [5, 5.41) is 7.10. The van der Waals surface area contributed by atoms with Gasteiger partial charge < -0.3 is 25.4 Å². The average Bonchev–Trinajstić information content (AvgIpc) is 3.22. The summed E-state index contributed by atoms with van der Waals surface area (Å²) in [6, 6.07) is -1.01. The first-order valence-corrected chi connectivity index (χ1v) is 12.4. The Kier molecular flexibility index (Phi) is 8.47. The second kappa shape index (κ2) is 11.3. The van der Waals surface area contributed by atoms with Crippen LogP contribution in [0.15, 0.2) is 34.0 Å². The third kappa shape index (κ3) is 5.91. The molecule has 0 bridgehead atoms. The van der Waals surface area contributed by atoms with E-state index in [1.54, 1.807) is 19.1 Å². The lowest BCUT2D eigenvalue weighted by Gasteiger charge is -2.49. The van der Waals surface area contributed by atoms with E-state index >= 15 is 0 Å². The van der Waals surface area contributed by atoms with Crippen molar-refractivity contribution in [3.63, 3.8) is 0 Å². The zero-order valence-corrected chi connectivity index (χ0v) is 21.3. The molecule has 2 amide bonds. The quantitative estimate of drug-likeness (QED) is 0.119. The van der Waals surface area contributed by atoms with Crippen LogP contribution in [-0.4, -0.2) is 68.8 Å². The van der Waals surface area contributed by atoms with Crippen molar-refractivity contribution in [1.82, 2.24) is 15.2 Å². The van der Waals surface area contributed by atoms with E-state index in [-0.39, 0.29) is 22.2 Å². The highest BCUT2D eigenvalue weighted by Gasteiger charge is 2.54. The Labute approximate surface area is 213 Å². The molecule has 0 saturated carbocycles. The van der Waals surface area contributed by atoms with E-state index in [0.29, 0.717) is 11.3 Å². The molecule has 15 heteroatoms. The van der Waals surface area contributed by atoms with Gasteiger partial charge in [-0.05, 0) is 12.5 Å². The van der Waals surface area contributed by atoms with Crippen LogP contribution >= 0.6 is 23.1 Å². The predicted molar refractivity (Wildman–Crippen MR) is 129 cm³/mol. The van der Waals surface area contributed by atoms with Gasteiger partial charge in [0, 0.05) is 31.9 Å². The molecule has 3 N–H and O–H groups in total. The maximum atomic E-state index is 13.1. The maximum Gasteiger partial charge on any atom is 0.358 e. The second-order valence-electron chi connectivity index (χ2n) is 7.41. The highest BCUT2D eigenvalue weighted by Crippen LogP contribution is 2.41. The average molecular weight is 538 g/mol. The number of aromatic nitrogens is 1. The van der Waals surface area contributed by atoms with E-state index in [1.165, 1.54) is 35.9 Å². The molecule has 0 aromatic carbocycles. The third-order valence-corrected chi connectivity index (χ3v) is 6.67. The summed E-state index contributed by atoms with van der Waals surface area (Å²) in [4.78, 5) is 71.1. The van der Waals surface area contributed by atoms with Gasteiger partial charge in [0.05, 0.1) is 0 Å². The lowest BCUT2D eigenvalue weighted by Crippen LogP contribution is -2.71. The van der Waals surface area contributed by atoms with E-state index in [4.69, 9.17) is 15.2 Å². The number of β-lactam (4-membered cyclic amide) rings is 1. The van der Waals surface area contributed by atoms with E-state index in [1.807, 2.05) is 0 Å². The van der Waals surface area contributed by atoms with Crippen LogP contribution in [0.5, 0.6) is 0 Å². The highest BCUT2D eigenvalue weighted by molar-refractivity contribution is 8.00. The Hall–Kier alpha value is -3.72. The number of allylic oxidation sites excluding steroid dienone is 2. The van der Waals surface area contributed by atoms with Gasteiger partial charge in [0.2, 0.25) is 6.29 Å². The van der Waals surface area contributed by atoms with Gasteiger partial charge in [0.25, 0.3) is 11.8 Å². The number of esters is 2. The number of oxime groups is 1. The van der Waals surface area contributed by atoms with Gasteiger partial charge in [-0.2, -0.15) is 0 Å². The largest absolute Gasteiger partial charge is 0.426 e. The van der Waals surface area contributed by atoms with Crippen molar-refractivity contribution in [1.29, 1.82) is 0 Å². The number of anilines is 1. The minimum Gasteiger partial charge on any atom is -0.426 e. The number of thiazole rings is 1. The summed E-state index contributed by atoms with van der Waals surface area (Å²) >= 11 is 2.37. The lowest BCUT2D eigenvalue weighted by molar-refractivity contribution is -0.182. The molecule has 1 aromatic rings. The molecule has 1 aromatic heterocycles. The van der Waals surface area contributed by atoms with Crippen LogP contribution in [0.2, 0.25) is 0 Å². The molecule has 0 aliphatic carbocycles. The number of thioether (sulfide) groups is 1. The van der Waals surface area contributed by atoms with Crippen LogP contribution in [0, 0.1) is 0 Å². The van der Waals surface area contributed by atoms with Crippen LogP contribution in [0.3, 0.4) is 0 Å². The van der Waals surface area contributed by atoms with Gasteiger partial charge in [-0.25, -0.2) is 14.6 Å². The first kappa shape index (κ1) is 26.9. The zero-order valence-electron chi connectivity index (χ0n) is 19.7. The number of carbonyl (C=O) groups is 5. The van der Waals surface area contributed by atoms with Gasteiger partial charge in [0.15, 0.2) is 10.8 Å². The topological polar surface area (TPSA) is 180 Å². The molecule has 0 spiro atoms. The second-order valence-corrected chi connectivity index (χ2v) is 9.41. The Balaban J connectivity index is 1.81. The molecular weight excluding hydrogens is 514 g/mol. The molecule has 1 saturated heterocycles. The monoisotopic (exact) mass is 537 g/mol. The SMILES string of the molecule is C/C=C\C1=C(C(=O)OC(C)OC(C)=O)N2C(=O)[C@@H](NC(=O)/C(=N\OC(C)=O)c3csc(N)n3)[C@@H]2SC1. The molecule has 3 heterocycles. The van der Waals surface area contributed by atoms with Crippen LogP contribution < -0.4 is 11.1 Å². The summed E-state index contributed by atoms with van der Waals surface area (Å²) in [7, 11) is 0. The number of nitrogens with two attached hydrogens (primary N) is 1. The molecule has 13 nitrogen and oxygen atoms in total. The molecule has 0 radical (unpaired) electrons. The smallest absolute Gasteiger partial charge is 0.358 e. The normalized spacial score (nSPS) is 20.4. The number of carbonyl (C=O) groups excluding carboxylic acids is 5. The van der Waals surface area contributed by atoms with Crippen LogP contribution in [0.25, 0.3) is 0 Å². The number of hydrogen-bond acceptors (Lipinski definition) is 13. The summed E-state index contributed by atoms with van der Waals surface area (Å²) in [5.74, 6) is -3.30. The van der Waals surface area contributed by atoms with Gasteiger partial charge in [-0.3, -0.25) is 19.3 Å². The van der Waals surface area contributed by atoms with Gasteiger partial charge in [0.1, 0.15) is 22.8 Å². The fraction of sp³-hybridized carbons (Fsp3) is 0.381. The minimum absolute atomic E-state index is 0.00701. The molecule has 3 rings (SSSR count). The van der Waals surface area contributed by atoms with E-state index in [2.05, 4.69) is 20.3 Å². The van der Waals surface area contributed by atoms with E-state index < -0.39 is 47.4 Å². The van der Waals surface area contributed by atoms with Crippen molar-refractivity contribution in [2.75, 3.05) is 11.5 Å². The Morgan fingerprint density at radius 3 is 2.58 bits per heavy atom. The summed E-state index contributed by atoms with van der Waals surface area (Å²) in [6.07, 6.45) is 2.21. The highest BCUT2D eigenvalue weighted by atomic mass is 32.2. The lowest BCUT2D eigenvalue weighted by atomic mass is 10.0. The van der Waals surface area contributed by atoms with Crippen molar-refractivity contribution in [3.8, 4) is 0 Å².